The van der Waals surface area contributed by atoms with Crippen LogP contribution in [-0.2, 0) is 37.1 Å². The van der Waals surface area contributed by atoms with Gasteiger partial charge in [0, 0.05) is 28.4 Å². The fourth-order valence-electron chi connectivity index (χ4n) is 1.60. The molecule has 1 aliphatic rings. The van der Waals surface area contributed by atoms with E-state index in [-0.39, 0.29) is 17.4 Å². The molecule has 94 valence electrons. The first kappa shape index (κ1) is 22.5. The van der Waals surface area contributed by atoms with Crippen LogP contribution in [0.3, 0.4) is 0 Å². The van der Waals surface area contributed by atoms with E-state index < -0.39 is 0 Å². The van der Waals surface area contributed by atoms with Crippen molar-refractivity contribution in [3.8, 4) is 0 Å². The van der Waals surface area contributed by atoms with E-state index in [0.717, 1.165) is 5.25 Å². The quantitative estimate of drug-likeness (QED) is 0.580. The van der Waals surface area contributed by atoms with Gasteiger partial charge in [-0.1, -0.05) is 31.2 Å². The zero-order chi connectivity index (χ0) is 13.7. The van der Waals surface area contributed by atoms with Crippen LogP contribution in [0.1, 0.15) is 29.7 Å². The molecule has 0 N–H and O–H groups in total. The standard InChI is InChI=1S/C10H12S.3CO.Cr/c1-2-10-9-6-4-3-5-8(9)7-11-10;3*1-2;/h3-6,10H,2,7H2,1H3;;;;/t10-;;;;/m0..../s1. The monoisotopic (exact) mass is 300 g/mol. The van der Waals surface area contributed by atoms with Crippen molar-refractivity contribution in [1.82, 2.24) is 0 Å². The first-order valence-electron chi connectivity index (χ1n) is 4.72. The van der Waals surface area contributed by atoms with Crippen LogP contribution in [0.5, 0.6) is 0 Å². The van der Waals surface area contributed by atoms with Gasteiger partial charge in [-0.05, 0) is 17.5 Å². The summed E-state index contributed by atoms with van der Waals surface area (Å²) in [6.07, 6.45) is 1.27. The van der Waals surface area contributed by atoms with Crippen molar-refractivity contribution in [2.75, 3.05) is 0 Å². The minimum atomic E-state index is 0. The van der Waals surface area contributed by atoms with Gasteiger partial charge < -0.3 is 0 Å². The molecule has 1 heterocycles. The van der Waals surface area contributed by atoms with Crippen molar-refractivity contribution in [2.45, 2.75) is 24.3 Å². The Morgan fingerprint density at radius 3 is 2.11 bits per heavy atom. The van der Waals surface area contributed by atoms with E-state index in [1.54, 1.807) is 11.1 Å². The van der Waals surface area contributed by atoms with Crippen molar-refractivity contribution in [2.24, 2.45) is 0 Å². The molecular formula is C13H12CrO3S. The van der Waals surface area contributed by atoms with Gasteiger partial charge in [0.2, 0.25) is 0 Å². The average molecular weight is 300 g/mol. The van der Waals surface area contributed by atoms with E-state index in [9.17, 15) is 0 Å². The second kappa shape index (κ2) is 16.3. The molecule has 0 radical (unpaired) electrons. The fourth-order valence-corrected chi connectivity index (χ4v) is 2.89. The molecule has 0 amide bonds. The van der Waals surface area contributed by atoms with Crippen LogP contribution in [0.2, 0.25) is 0 Å². The van der Waals surface area contributed by atoms with Gasteiger partial charge in [-0.25, -0.2) is 0 Å². The molecule has 18 heavy (non-hydrogen) atoms. The first-order valence-corrected chi connectivity index (χ1v) is 5.77. The van der Waals surface area contributed by atoms with E-state index in [1.807, 2.05) is 0 Å². The topological polar surface area (TPSA) is 59.7 Å². The molecule has 1 aromatic rings. The molecule has 0 saturated heterocycles. The molecule has 1 aromatic carbocycles. The minimum absolute atomic E-state index is 0. The van der Waals surface area contributed by atoms with E-state index in [1.165, 1.54) is 12.2 Å². The van der Waals surface area contributed by atoms with E-state index >= 15 is 0 Å². The molecule has 5 heteroatoms. The van der Waals surface area contributed by atoms with Crippen LogP contribution in [0, 0.1) is 20.0 Å². The Morgan fingerprint density at radius 1 is 1.11 bits per heavy atom. The van der Waals surface area contributed by atoms with Gasteiger partial charge in [-0.15, -0.1) is 11.8 Å². The molecule has 0 fully saturated rings. The second-order valence-corrected chi connectivity index (χ2v) is 4.10. The largest absolute Gasteiger partial charge is 0 e. The van der Waals surface area contributed by atoms with Crippen molar-refractivity contribution >= 4 is 11.8 Å². The zero-order valence-electron chi connectivity index (χ0n) is 9.84. The second-order valence-electron chi connectivity index (χ2n) is 2.91. The molecule has 0 spiro atoms. The summed E-state index contributed by atoms with van der Waals surface area (Å²) in [5.41, 5.74) is 3.12. The summed E-state index contributed by atoms with van der Waals surface area (Å²) in [6.45, 7) is 15.8. The summed E-state index contributed by atoms with van der Waals surface area (Å²) in [4.78, 5) is 0. The number of thioether (sulfide) groups is 1. The number of hydrogen-bond acceptors (Lipinski definition) is 1. The van der Waals surface area contributed by atoms with Gasteiger partial charge in [-0.2, -0.15) is 0 Å². The third-order valence-electron chi connectivity index (χ3n) is 2.21. The molecule has 2 rings (SSSR count). The van der Waals surface area contributed by atoms with Gasteiger partial charge in [-0.3, -0.25) is 0 Å². The van der Waals surface area contributed by atoms with Crippen LogP contribution in [0.4, 0.5) is 0 Å². The van der Waals surface area contributed by atoms with Gasteiger partial charge in [0.1, 0.15) is 0 Å². The molecule has 3 nitrogen and oxygen atoms in total. The maximum atomic E-state index is 7.50. The summed E-state index contributed by atoms with van der Waals surface area (Å²) in [7, 11) is 0. The predicted molar refractivity (Wildman–Crippen MR) is 62.6 cm³/mol. The third-order valence-corrected chi connectivity index (χ3v) is 3.68. The van der Waals surface area contributed by atoms with Crippen molar-refractivity contribution in [1.29, 1.82) is 0 Å². The molecule has 0 aromatic heterocycles. The number of hydrogen-bond donors (Lipinski definition) is 0. The maximum Gasteiger partial charge on any atom is 0 e. The van der Waals surface area contributed by atoms with Crippen LogP contribution in [0.25, 0.3) is 0 Å². The maximum absolute atomic E-state index is 7.50. The SMILES string of the molecule is CC[C@@H]1SCc2ccccc21.[C-]#[O+].[C-]#[O+].[C-]#[O+].[Cr]. The van der Waals surface area contributed by atoms with Crippen LogP contribution in [-0.4, -0.2) is 0 Å². The Balaban J connectivity index is -0.000000285. The summed E-state index contributed by atoms with van der Waals surface area (Å²) in [6, 6.07) is 8.80. The van der Waals surface area contributed by atoms with Gasteiger partial charge >= 0.3 is 33.9 Å². The van der Waals surface area contributed by atoms with E-state index in [0.29, 0.717) is 0 Å². The molecule has 0 bridgehead atoms. The first-order chi connectivity index (χ1) is 8.42. The van der Waals surface area contributed by atoms with Crippen molar-refractivity contribution < 1.29 is 31.3 Å². The third kappa shape index (κ3) is 6.91. The molecule has 0 saturated carbocycles. The minimum Gasteiger partial charge on any atom is 0 e. The van der Waals surface area contributed by atoms with Crippen LogP contribution >= 0.6 is 11.8 Å². The predicted octanol–water partition coefficient (Wildman–Crippen LogP) is 3.27. The summed E-state index contributed by atoms with van der Waals surface area (Å²) < 4.78 is 22.5. The smallest absolute Gasteiger partial charge is 0 e. The zero-order valence-corrected chi connectivity index (χ0v) is 11.9. The molecular weight excluding hydrogens is 288 g/mol. The summed E-state index contributed by atoms with van der Waals surface area (Å²) >= 11 is 2.07. The van der Waals surface area contributed by atoms with Gasteiger partial charge in [0.25, 0.3) is 0 Å². The summed E-state index contributed by atoms with van der Waals surface area (Å²) in [5.74, 6) is 1.22. The normalized spacial score (nSPS) is 13.6. The van der Waals surface area contributed by atoms with Gasteiger partial charge in [0.15, 0.2) is 0 Å². The van der Waals surface area contributed by atoms with E-state index in [2.05, 4.69) is 62.9 Å². The molecule has 0 aliphatic carbocycles. The molecule has 1 atom stereocenters. The number of fused-ring (bicyclic) bond motifs is 1. The van der Waals surface area contributed by atoms with Crippen molar-refractivity contribution in [3.63, 3.8) is 0 Å². The number of rotatable bonds is 1. The van der Waals surface area contributed by atoms with Gasteiger partial charge in [0.05, 0.1) is 0 Å². The fraction of sp³-hybridized carbons (Fsp3) is 0.308. The molecule has 0 unspecified atom stereocenters. The summed E-state index contributed by atoms with van der Waals surface area (Å²) in [5, 5.41) is 0.770. The number of benzene rings is 1. The van der Waals surface area contributed by atoms with Crippen LogP contribution < -0.4 is 0 Å². The Kier molecular flexibility index (Phi) is 20.4. The Labute approximate surface area is 123 Å². The average Bonchev–Trinajstić information content (AvgIpc) is 2.88. The van der Waals surface area contributed by atoms with E-state index in [4.69, 9.17) is 14.0 Å². The Morgan fingerprint density at radius 2 is 1.61 bits per heavy atom. The van der Waals surface area contributed by atoms with Crippen LogP contribution in [0.15, 0.2) is 24.3 Å². The Hall–Kier alpha value is -0.678. The Bertz CT molecular complexity index is 360. The molecule has 1 aliphatic heterocycles. The van der Waals surface area contributed by atoms with Crippen molar-refractivity contribution in [3.05, 3.63) is 55.3 Å².